The summed E-state index contributed by atoms with van der Waals surface area (Å²) in [7, 11) is 2.23. The molecule has 1 fully saturated rings. The van der Waals surface area contributed by atoms with E-state index in [0.717, 1.165) is 12.3 Å². The molecule has 0 saturated carbocycles. The lowest BCUT2D eigenvalue weighted by molar-refractivity contribution is 0.117. The van der Waals surface area contributed by atoms with Crippen LogP contribution in [0, 0.1) is 5.92 Å². The number of benzene rings is 1. The summed E-state index contributed by atoms with van der Waals surface area (Å²) >= 11 is 0. The number of hydrogen-bond donors (Lipinski definition) is 1. The van der Waals surface area contributed by atoms with Gasteiger partial charge in [0.15, 0.2) is 0 Å². The van der Waals surface area contributed by atoms with Crippen LogP contribution in [0.1, 0.15) is 11.1 Å². The molecule has 2 nitrogen and oxygen atoms in total. The first-order valence-corrected chi connectivity index (χ1v) is 5.83. The maximum Gasteiger partial charge on any atom is 0.0636 e. The quantitative estimate of drug-likeness (QED) is 0.681. The Labute approximate surface area is 91.3 Å². The summed E-state index contributed by atoms with van der Waals surface area (Å²) in [4.78, 5) is 2.46. The van der Waals surface area contributed by atoms with Gasteiger partial charge in [-0.05, 0) is 30.5 Å². The molecule has 1 N–H and O–H groups in total. The molecule has 0 aliphatic carbocycles. The first kappa shape index (κ1) is 9.37. The zero-order valence-corrected chi connectivity index (χ0v) is 9.24. The van der Waals surface area contributed by atoms with E-state index in [1.165, 1.54) is 25.1 Å². The summed E-state index contributed by atoms with van der Waals surface area (Å²) in [5.41, 5.74) is 3.10. The van der Waals surface area contributed by atoms with Gasteiger partial charge in [0.05, 0.1) is 6.17 Å². The standard InChI is InChI=1S/C13H18N2/c1-15-9-10-6-11-4-2-3-5-12(11)7-13(15)14-8-10/h2-5,10,13-14H,6-9H2,1H3. The molecule has 3 aliphatic heterocycles. The van der Waals surface area contributed by atoms with Gasteiger partial charge in [-0.3, -0.25) is 4.90 Å². The third kappa shape index (κ3) is 1.68. The second-order valence-electron chi connectivity index (χ2n) is 4.91. The molecule has 2 heteroatoms. The summed E-state index contributed by atoms with van der Waals surface area (Å²) in [5.74, 6) is 0.785. The Morgan fingerprint density at radius 1 is 1.20 bits per heavy atom. The molecular formula is C13H18N2. The maximum absolute atomic E-state index is 3.64. The molecule has 2 unspecified atom stereocenters. The van der Waals surface area contributed by atoms with E-state index < -0.39 is 0 Å². The minimum Gasteiger partial charge on any atom is -0.301 e. The van der Waals surface area contributed by atoms with Gasteiger partial charge in [0.1, 0.15) is 0 Å². The van der Waals surface area contributed by atoms with E-state index in [1.54, 1.807) is 5.56 Å². The molecule has 0 radical (unpaired) electrons. The molecule has 1 saturated heterocycles. The largest absolute Gasteiger partial charge is 0.301 e. The van der Waals surface area contributed by atoms with Crippen LogP contribution >= 0.6 is 0 Å². The van der Waals surface area contributed by atoms with Crippen molar-refractivity contribution in [2.24, 2.45) is 5.92 Å². The summed E-state index contributed by atoms with van der Waals surface area (Å²) in [6.07, 6.45) is 2.93. The Bertz CT molecular complexity index is 361. The van der Waals surface area contributed by atoms with Gasteiger partial charge in [-0.1, -0.05) is 24.3 Å². The third-order valence-corrected chi connectivity index (χ3v) is 3.76. The number of hydrogen-bond acceptors (Lipinski definition) is 2. The van der Waals surface area contributed by atoms with Crippen LogP contribution in [-0.4, -0.2) is 31.2 Å². The van der Waals surface area contributed by atoms with E-state index in [0.29, 0.717) is 6.17 Å². The van der Waals surface area contributed by atoms with Gasteiger partial charge in [-0.2, -0.15) is 0 Å². The second kappa shape index (κ2) is 3.62. The number of nitrogens with zero attached hydrogens (tertiary/aromatic N) is 1. The fourth-order valence-corrected chi connectivity index (χ4v) is 2.90. The molecule has 3 aliphatic rings. The third-order valence-electron chi connectivity index (χ3n) is 3.76. The van der Waals surface area contributed by atoms with Crippen LogP contribution < -0.4 is 5.32 Å². The lowest BCUT2D eigenvalue weighted by Gasteiger charge is -2.41. The number of nitrogens with one attached hydrogen (secondary N) is 1. The van der Waals surface area contributed by atoms with Gasteiger partial charge < -0.3 is 5.32 Å². The molecule has 3 heterocycles. The smallest absolute Gasteiger partial charge is 0.0636 e. The van der Waals surface area contributed by atoms with Gasteiger partial charge >= 0.3 is 0 Å². The maximum atomic E-state index is 3.64. The first-order valence-electron chi connectivity index (χ1n) is 5.83. The minimum atomic E-state index is 0.544. The SMILES string of the molecule is CN1CC2CNC1Cc1ccccc1C2. The van der Waals surface area contributed by atoms with E-state index >= 15 is 0 Å². The summed E-state index contributed by atoms with van der Waals surface area (Å²) < 4.78 is 0. The summed E-state index contributed by atoms with van der Waals surface area (Å²) in [6.45, 7) is 2.43. The van der Waals surface area contributed by atoms with Crippen molar-refractivity contribution in [2.45, 2.75) is 19.0 Å². The Hall–Kier alpha value is -0.860. The molecule has 4 rings (SSSR count). The lowest BCUT2D eigenvalue weighted by atomic mass is 9.88. The molecule has 1 aromatic rings. The topological polar surface area (TPSA) is 15.3 Å². The highest BCUT2D eigenvalue weighted by Gasteiger charge is 2.28. The average molecular weight is 202 g/mol. The van der Waals surface area contributed by atoms with Crippen LogP contribution in [-0.2, 0) is 12.8 Å². The van der Waals surface area contributed by atoms with Crippen molar-refractivity contribution < 1.29 is 0 Å². The van der Waals surface area contributed by atoms with E-state index in [1.807, 2.05) is 0 Å². The number of rotatable bonds is 0. The van der Waals surface area contributed by atoms with Gasteiger partial charge in [-0.25, -0.2) is 0 Å². The highest BCUT2D eigenvalue weighted by Crippen LogP contribution is 2.23. The molecule has 0 amide bonds. The van der Waals surface area contributed by atoms with E-state index in [2.05, 4.69) is 41.5 Å². The van der Waals surface area contributed by atoms with Gasteiger partial charge in [0.25, 0.3) is 0 Å². The summed E-state index contributed by atoms with van der Waals surface area (Å²) in [6, 6.07) is 8.92. The van der Waals surface area contributed by atoms with Crippen molar-refractivity contribution >= 4 is 0 Å². The monoisotopic (exact) mass is 202 g/mol. The average Bonchev–Trinajstić information content (AvgIpc) is 2.20. The van der Waals surface area contributed by atoms with Crippen molar-refractivity contribution in [1.29, 1.82) is 0 Å². The zero-order valence-electron chi connectivity index (χ0n) is 9.24. The van der Waals surface area contributed by atoms with Crippen LogP contribution in [0.5, 0.6) is 0 Å². The minimum absolute atomic E-state index is 0.544. The van der Waals surface area contributed by atoms with Gasteiger partial charge in [0, 0.05) is 19.5 Å². The van der Waals surface area contributed by atoms with E-state index in [9.17, 15) is 0 Å². The molecule has 1 aromatic carbocycles. The predicted molar refractivity (Wildman–Crippen MR) is 61.8 cm³/mol. The Balaban J connectivity index is 1.98. The fraction of sp³-hybridized carbons (Fsp3) is 0.538. The molecule has 0 spiro atoms. The highest BCUT2D eigenvalue weighted by atomic mass is 15.3. The van der Waals surface area contributed by atoms with Crippen LogP contribution in [0.15, 0.2) is 24.3 Å². The first-order chi connectivity index (χ1) is 7.33. The molecule has 2 atom stereocenters. The van der Waals surface area contributed by atoms with Crippen molar-refractivity contribution in [3.63, 3.8) is 0 Å². The molecule has 15 heavy (non-hydrogen) atoms. The number of fused-ring (bicyclic) bond motifs is 2. The summed E-state index contributed by atoms with van der Waals surface area (Å²) in [5, 5.41) is 3.64. The molecular weight excluding hydrogens is 184 g/mol. The molecule has 2 bridgehead atoms. The lowest BCUT2D eigenvalue weighted by Crippen LogP contribution is -2.56. The predicted octanol–water partition coefficient (Wildman–Crippen LogP) is 1.26. The molecule has 0 aromatic heterocycles. The highest BCUT2D eigenvalue weighted by molar-refractivity contribution is 5.29. The fourth-order valence-electron chi connectivity index (χ4n) is 2.90. The van der Waals surface area contributed by atoms with Crippen LogP contribution in [0.4, 0.5) is 0 Å². The van der Waals surface area contributed by atoms with E-state index in [-0.39, 0.29) is 0 Å². The Morgan fingerprint density at radius 2 is 1.93 bits per heavy atom. The van der Waals surface area contributed by atoms with Crippen LogP contribution in [0.2, 0.25) is 0 Å². The van der Waals surface area contributed by atoms with Crippen molar-refractivity contribution in [2.75, 3.05) is 20.1 Å². The Kier molecular flexibility index (Phi) is 2.26. The van der Waals surface area contributed by atoms with Gasteiger partial charge in [-0.15, -0.1) is 0 Å². The zero-order chi connectivity index (χ0) is 10.3. The van der Waals surface area contributed by atoms with Crippen molar-refractivity contribution in [1.82, 2.24) is 10.2 Å². The van der Waals surface area contributed by atoms with E-state index in [4.69, 9.17) is 0 Å². The second-order valence-corrected chi connectivity index (χ2v) is 4.91. The van der Waals surface area contributed by atoms with Gasteiger partial charge in [0.2, 0.25) is 0 Å². The number of likely N-dealkylation sites (N-methyl/N-ethyl adjacent to an activating group) is 1. The van der Waals surface area contributed by atoms with Crippen molar-refractivity contribution in [3.8, 4) is 0 Å². The van der Waals surface area contributed by atoms with Crippen LogP contribution in [0.25, 0.3) is 0 Å². The molecule has 80 valence electrons. The van der Waals surface area contributed by atoms with Crippen molar-refractivity contribution in [3.05, 3.63) is 35.4 Å². The van der Waals surface area contributed by atoms with Crippen LogP contribution in [0.3, 0.4) is 0 Å². The Morgan fingerprint density at radius 3 is 2.67 bits per heavy atom. The normalized spacial score (nSPS) is 30.7.